The summed E-state index contributed by atoms with van der Waals surface area (Å²) < 4.78 is 0. The van der Waals surface area contributed by atoms with Gasteiger partial charge >= 0.3 is 5.97 Å². The summed E-state index contributed by atoms with van der Waals surface area (Å²) in [5.74, 6) is -0.346. The normalized spacial score (nSPS) is 29.6. The van der Waals surface area contributed by atoms with E-state index in [2.05, 4.69) is 4.90 Å². The molecule has 2 aliphatic rings. The Hall–Kier alpha value is -0.770. The first-order valence-corrected chi connectivity index (χ1v) is 7.66. The van der Waals surface area contributed by atoms with Gasteiger partial charge in [0.1, 0.15) is 0 Å². The summed E-state index contributed by atoms with van der Waals surface area (Å²) in [6, 6.07) is 5.51. The van der Waals surface area contributed by atoms with Gasteiger partial charge in [-0.1, -0.05) is 29.6 Å². The van der Waals surface area contributed by atoms with Gasteiger partial charge in [-0.2, -0.15) is 0 Å². The molecule has 1 aromatic carbocycles. The van der Waals surface area contributed by atoms with Crippen LogP contribution in [-0.4, -0.2) is 29.1 Å². The van der Waals surface area contributed by atoms with E-state index in [0.717, 1.165) is 31.4 Å². The van der Waals surface area contributed by atoms with Crippen LogP contribution >= 0.6 is 23.2 Å². The van der Waals surface area contributed by atoms with Crippen LogP contribution in [0.15, 0.2) is 18.2 Å². The molecule has 0 spiro atoms. The number of nitrogens with zero attached hydrogens (tertiary/aromatic N) is 1. The summed E-state index contributed by atoms with van der Waals surface area (Å²) in [5.41, 5.74) is 0.519. The molecule has 1 aliphatic carbocycles. The maximum Gasteiger partial charge on any atom is 0.311 e. The highest BCUT2D eigenvalue weighted by atomic mass is 35.5. The van der Waals surface area contributed by atoms with Gasteiger partial charge in [-0.05, 0) is 42.5 Å². The summed E-state index contributed by atoms with van der Waals surface area (Å²) in [5, 5.41) is 10.8. The molecule has 0 radical (unpaired) electrons. The fourth-order valence-electron chi connectivity index (χ4n) is 3.82. The van der Waals surface area contributed by atoms with Crippen LogP contribution in [0.3, 0.4) is 0 Å². The average Bonchev–Trinajstić information content (AvgIpc) is 2.84. The molecule has 0 aromatic heterocycles. The van der Waals surface area contributed by atoms with Crippen LogP contribution in [0.4, 0.5) is 0 Å². The number of carboxylic acid groups (broad SMARTS) is 1. The Balaban J connectivity index is 1.76. The average molecular weight is 314 g/mol. The molecule has 1 aromatic rings. The quantitative estimate of drug-likeness (QED) is 0.925. The van der Waals surface area contributed by atoms with E-state index >= 15 is 0 Å². The van der Waals surface area contributed by atoms with Gasteiger partial charge in [0, 0.05) is 29.7 Å². The van der Waals surface area contributed by atoms with E-state index in [9.17, 15) is 9.90 Å². The highest BCUT2D eigenvalue weighted by molar-refractivity contribution is 6.34. The smallest absolute Gasteiger partial charge is 0.311 e. The summed E-state index contributed by atoms with van der Waals surface area (Å²) in [7, 11) is 0. The largest absolute Gasteiger partial charge is 0.481 e. The number of halogens is 2. The van der Waals surface area contributed by atoms with Crippen molar-refractivity contribution in [3.05, 3.63) is 33.8 Å². The second-order valence-corrected chi connectivity index (χ2v) is 6.87. The Bertz CT molecular complexity index is 528. The molecule has 20 heavy (non-hydrogen) atoms. The van der Waals surface area contributed by atoms with Gasteiger partial charge < -0.3 is 5.11 Å². The number of hydrogen-bond acceptors (Lipinski definition) is 2. The first kappa shape index (κ1) is 14.2. The van der Waals surface area contributed by atoms with E-state index in [1.165, 1.54) is 0 Å². The van der Waals surface area contributed by atoms with E-state index < -0.39 is 11.4 Å². The van der Waals surface area contributed by atoms with E-state index in [1.54, 1.807) is 6.07 Å². The number of hydrogen-bond donors (Lipinski definition) is 1. The number of benzene rings is 1. The van der Waals surface area contributed by atoms with E-state index in [0.29, 0.717) is 23.1 Å². The molecule has 1 saturated heterocycles. The summed E-state index contributed by atoms with van der Waals surface area (Å²) in [6.45, 7) is 2.21. The zero-order valence-corrected chi connectivity index (χ0v) is 12.6. The SMILES string of the molecule is O=C(O)[C@@]12CCC[C@H]1CN(Cc1cc(Cl)cc(Cl)c1)C2. The van der Waals surface area contributed by atoms with Crippen molar-refractivity contribution in [2.24, 2.45) is 11.3 Å². The van der Waals surface area contributed by atoms with Gasteiger partial charge in [-0.25, -0.2) is 0 Å². The third-order valence-corrected chi connectivity index (χ3v) is 5.13. The predicted molar refractivity (Wildman–Crippen MR) is 79.1 cm³/mol. The number of carbonyl (C=O) groups is 1. The van der Waals surface area contributed by atoms with Crippen LogP contribution in [0.5, 0.6) is 0 Å². The standard InChI is InChI=1S/C15H17Cl2NO2/c16-12-4-10(5-13(17)6-12)7-18-8-11-2-1-3-15(11,9-18)14(19)20/h4-6,11H,1-3,7-9H2,(H,19,20)/t11-,15+/m0/s1. The summed E-state index contributed by atoms with van der Waals surface area (Å²) >= 11 is 12.0. The van der Waals surface area contributed by atoms with Crippen LogP contribution in [0, 0.1) is 11.3 Å². The molecule has 1 aliphatic heterocycles. The minimum Gasteiger partial charge on any atom is -0.481 e. The molecule has 1 heterocycles. The van der Waals surface area contributed by atoms with Crippen LogP contribution in [0.25, 0.3) is 0 Å². The van der Waals surface area contributed by atoms with Crippen molar-refractivity contribution in [2.45, 2.75) is 25.8 Å². The first-order valence-electron chi connectivity index (χ1n) is 6.90. The topological polar surface area (TPSA) is 40.5 Å². The third kappa shape index (κ3) is 2.43. The number of rotatable bonds is 3. The minimum absolute atomic E-state index is 0.287. The van der Waals surface area contributed by atoms with Gasteiger partial charge in [0.15, 0.2) is 0 Å². The maximum absolute atomic E-state index is 11.6. The Morgan fingerprint density at radius 3 is 2.65 bits per heavy atom. The van der Waals surface area contributed by atoms with Crippen molar-refractivity contribution >= 4 is 29.2 Å². The van der Waals surface area contributed by atoms with Gasteiger partial charge in [-0.3, -0.25) is 9.69 Å². The van der Waals surface area contributed by atoms with Crippen molar-refractivity contribution in [3.63, 3.8) is 0 Å². The Labute approximate surface area is 128 Å². The molecule has 0 amide bonds. The Morgan fingerprint density at radius 2 is 2.05 bits per heavy atom. The zero-order valence-electron chi connectivity index (χ0n) is 11.1. The lowest BCUT2D eigenvalue weighted by Crippen LogP contribution is -2.35. The van der Waals surface area contributed by atoms with E-state index in [1.807, 2.05) is 12.1 Å². The zero-order chi connectivity index (χ0) is 14.3. The molecule has 2 atom stereocenters. The molecular weight excluding hydrogens is 297 g/mol. The fourth-order valence-corrected chi connectivity index (χ4v) is 4.40. The van der Waals surface area contributed by atoms with Gasteiger partial charge in [0.05, 0.1) is 5.41 Å². The first-order chi connectivity index (χ1) is 9.49. The molecule has 2 fully saturated rings. The van der Waals surface area contributed by atoms with Gasteiger partial charge in [0.25, 0.3) is 0 Å². The lowest BCUT2D eigenvalue weighted by atomic mass is 9.81. The highest BCUT2D eigenvalue weighted by Crippen LogP contribution is 2.49. The second kappa shape index (κ2) is 5.21. The number of fused-ring (bicyclic) bond motifs is 1. The van der Waals surface area contributed by atoms with Crippen molar-refractivity contribution in [1.82, 2.24) is 4.90 Å². The molecule has 0 unspecified atom stereocenters. The minimum atomic E-state index is -0.633. The third-order valence-electron chi connectivity index (χ3n) is 4.70. The second-order valence-electron chi connectivity index (χ2n) is 6.00. The van der Waals surface area contributed by atoms with Crippen molar-refractivity contribution < 1.29 is 9.90 Å². The summed E-state index contributed by atoms with van der Waals surface area (Å²) in [4.78, 5) is 13.9. The molecule has 1 N–H and O–H groups in total. The lowest BCUT2D eigenvalue weighted by molar-refractivity contribution is -0.149. The molecule has 3 nitrogen and oxygen atoms in total. The van der Waals surface area contributed by atoms with Crippen molar-refractivity contribution in [3.8, 4) is 0 Å². The predicted octanol–water partition coefficient (Wildman–Crippen LogP) is 3.68. The Kier molecular flexibility index (Phi) is 3.69. The van der Waals surface area contributed by atoms with Gasteiger partial charge in [0.2, 0.25) is 0 Å². The van der Waals surface area contributed by atoms with Gasteiger partial charge in [-0.15, -0.1) is 0 Å². The van der Waals surface area contributed by atoms with Crippen LogP contribution in [0.1, 0.15) is 24.8 Å². The molecule has 108 valence electrons. The number of likely N-dealkylation sites (tertiary alicyclic amines) is 1. The molecule has 0 bridgehead atoms. The molecule has 5 heteroatoms. The highest BCUT2D eigenvalue weighted by Gasteiger charge is 2.54. The number of carboxylic acids is 1. The Morgan fingerprint density at radius 1 is 1.35 bits per heavy atom. The monoisotopic (exact) mass is 313 g/mol. The van der Waals surface area contributed by atoms with Crippen molar-refractivity contribution in [1.29, 1.82) is 0 Å². The molecule has 3 rings (SSSR count). The van der Waals surface area contributed by atoms with Crippen LogP contribution < -0.4 is 0 Å². The van der Waals surface area contributed by atoms with Crippen LogP contribution in [-0.2, 0) is 11.3 Å². The maximum atomic E-state index is 11.6. The fraction of sp³-hybridized carbons (Fsp3) is 0.533. The van der Waals surface area contributed by atoms with E-state index in [-0.39, 0.29) is 5.92 Å². The van der Waals surface area contributed by atoms with E-state index in [4.69, 9.17) is 23.2 Å². The van der Waals surface area contributed by atoms with Crippen molar-refractivity contribution in [2.75, 3.05) is 13.1 Å². The lowest BCUT2D eigenvalue weighted by Gasteiger charge is -2.23. The molecular formula is C15H17Cl2NO2. The summed E-state index contributed by atoms with van der Waals surface area (Å²) in [6.07, 6.45) is 2.87. The van der Waals surface area contributed by atoms with Crippen LogP contribution in [0.2, 0.25) is 10.0 Å². The number of aliphatic carboxylic acids is 1. The molecule has 1 saturated carbocycles.